The van der Waals surface area contributed by atoms with E-state index in [0.717, 1.165) is 12.8 Å². The van der Waals surface area contributed by atoms with Crippen LogP contribution in [0.25, 0.3) is 22.6 Å². The Morgan fingerprint density at radius 1 is 0.857 bits per heavy atom. The van der Waals surface area contributed by atoms with Gasteiger partial charge in [0.2, 0.25) is 0 Å². The molecule has 2 aliphatic rings. The molecule has 1 aromatic heterocycles. The molecule has 0 saturated heterocycles. The van der Waals surface area contributed by atoms with Gasteiger partial charge in [-0.3, -0.25) is 0 Å². The molecular formula is C22H17F3N2O. The van der Waals surface area contributed by atoms with Crippen LogP contribution in [0.5, 0.6) is 5.75 Å². The first-order valence-corrected chi connectivity index (χ1v) is 9.31. The Bertz CT molecular complexity index is 1040. The third-order valence-corrected chi connectivity index (χ3v) is 5.52. The largest absolute Gasteiger partial charge is 0.482 e. The van der Waals surface area contributed by atoms with E-state index in [2.05, 4.69) is 9.97 Å². The number of ether oxygens (including phenoxy) is 1. The fourth-order valence-electron chi connectivity index (χ4n) is 4.32. The van der Waals surface area contributed by atoms with Gasteiger partial charge >= 0.3 is 6.18 Å². The molecule has 2 heterocycles. The van der Waals surface area contributed by atoms with Gasteiger partial charge in [-0.1, -0.05) is 42.5 Å². The summed E-state index contributed by atoms with van der Waals surface area (Å²) in [6, 6.07) is 16.0. The van der Waals surface area contributed by atoms with Crippen molar-refractivity contribution in [2.75, 3.05) is 0 Å². The van der Waals surface area contributed by atoms with Crippen LogP contribution < -0.4 is 4.74 Å². The topological polar surface area (TPSA) is 35.0 Å². The monoisotopic (exact) mass is 382 g/mol. The van der Waals surface area contributed by atoms with Crippen molar-refractivity contribution in [3.05, 3.63) is 65.9 Å². The van der Waals surface area contributed by atoms with Gasteiger partial charge in [0.25, 0.3) is 0 Å². The van der Waals surface area contributed by atoms with Crippen molar-refractivity contribution in [2.45, 2.75) is 37.5 Å². The van der Waals surface area contributed by atoms with E-state index in [0.29, 0.717) is 35.4 Å². The van der Waals surface area contributed by atoms with Gasteiger partial charge in [-0.05, 0) is 37.8 Å². The third kappa shape index (κ3) is 2.58. The molecule has 1 saturated carbocycles. The maximum atomic E-state index is 14.1. The predicted octanol–water partition coefficient (Wildman–Crippen LogP) is 5.99. The molecule has 2 aromatic carbocycles. The van der Waals surface area contributed by atoms with Crippen LogP contribution in [0.2, 0.25) is 0 Å². The molecule has 1 spiro atoms. The van der Waals surface area contributed by atoms with Crippen LogP contribution in [0.15, 0.2) is 54.6 Å². The number of benzene rings is 2. The number of hydrogen-bond acceptors (Lipinski definition) is 3. The van der Waals surface area contributed by atoms with Crippen LogP contribution in [0, 0.1) is 0 Å². The number of nitrogens with zero attached hydrogens (tertiary/aromatic N) is 2. The van der Waals surface area contributed by atoms with E-state index in [4.69, 9.17) is 4.74 Å². The van der Waals surface area contributed by atoms with Gasteiger partial charge in [-0.2, -0.15) is 13.2 Å². The van der Waals surface area contributed by atoms with Crippen LogP contribution in [0.1, 0.15) is 36.9 Å². The quantitative estimate of drug-likeness (QED) is 0.518. The summed E-state index contributed by atoms with van der Waals surface area (Å²) >= 11 is 0. The minimum absolute atomic E-state index is 0.0801. The highest BCUT2D eigenvalue weighted by Crippen LogP contribution is 2.54. The SMILES string of the molecule is FC(F)(F)c1nc(-c2ccccc2)nc2c1C1(CCCC1)Oc1ccccc1-2. The van der Waals surface area contributed by atoms with Gasteiger partial charge in [0, 0.05) is 11.1 Å². The summed E-state index contributed by atoms with van der Waals surface area (Å²) in [5, 5.41) is 0. The molecule has 3 nitrogen and oxygen atoms in total. The van der Waals surface area contributed by atoms with Crippen LogP contribution in [-0.2, 0) is 11.8 Å². The summed E-state index contributed by atoms with van der Waals surface area (Å²) in [6.07, 6.45) is -1.89. The number of halogens is 3. The Balaban J connectivity index is 1.86. The van der Waals surface area contributed by atoms with E-state index in [1.165, 1.54) is 0 Å². The zero-order valence-corrected chi connectivity index (χ0v) is 15.0. The van der Waals surface area contributed by atoms with E-state index in [1.54, 1.807) is 42.5 Å². The van der Waals surface area contributed by atoms with Crippen molar-refractivity contribution >= 4 is 0 Å². The highest BCUT2D eigenvalue weighted by atomic mass is 19.4. The van der Waals surface area contributed by atoms with Gasteiger partial charge in [0.15, 0.2) is 11.5 Å². The first-order valence-electron chi connectivity index (χ1n) is 9.31. The Kier molecular flexibility index (Phi) is 3.73. The van der Waals surface area contributed by atoms with Gasteiger partial charge in [-0.25, -0.2) is 9.97 Å². The van der Waals surface area contributed by atoms with Crippen LogP contribution in [0.3, 0.4) is 0 Å². The van der Waals surface area contributed by atoms with Crippen LogP contribution in [-0.4, -0.2) is 9.97 Å². The molecule has 0 atom stereocenters. The molecule has 0 bridgehead atoms. The summed E-state index contributed by atoms with van der Waals surface area (Å²) in [6.45, 7) is 0. The van der Waals surface area contributed by atoms with Crippen molar-refractivity contribution in [1.82, 2.24) is 9.97 Å². The minimum atomic E-state index is -4.60. The van der Waals surface area contributed by atoms with E-state index in [9.17, 15) is 13.2 Å². The molecule has 6 heteroatoms. The van der Waals surface area contributed by atoms with Crippen LogP contribution in [0.4, 0.5) is 13.2 Å². The molecule has 28 heavy (non-hydrogen) atoms. The van der Waals surface area contributed by atoms with E-state index < -0.39 is 17.5 Å². The van der Waals surface area contributed by atoms with Crippen molar-refractivity contribution in [1.29, 1.82) is 0 Å². The molecule has 1 aliphatic carbocycles. The first-order chi connectivity index (χ1) is 13.5. The number of fused-ring (bicyclic) bond motifs is 4. The van der Waals surface area contributed by atoms with E-state index >= 15 is 0 Å². The second-order valence-electron chi connectivity index (χ2n) is 7.28. The highest BCUT2D eigenvalue weighted by Gasteiger charge is 2.51. The normalized spacial score (nSPS) is 17.1. The average Bonchev–Trinajstić information content (AvgIpc) is 3.16. The smallest absolute Gasteiger partial charge is 0.433 e. The first kappa shape index (κ1) is 17.2. The molecule has 3 aromatic rings. The van der Waals surface area contributed by atoms with Gasteiger partial charge in [0.1, 0.15) is 11.4 Å². The number of alkyl halides is 3. The van der Waals surface area contributed by atoms with E-state index in [-0.39, 0.29) is 11.4 Å². The molecule has 0 unspecified atom stereocenters. The van der Waals surface area contributed by atoms with Crippen molar-refractivity contribution in [3.63, 3.8) is 0 Å². The predicted molar refractivity (Wildman–Crippen MR) is 98.7 cm³/mol. The zero-order valence-electron chi connectivity index (χ0n) is 15.0. The lowest BCUT2D eigenvalue weighted by molar-refractivity contribution is -0.144. The number of para-hydroxylation sites is 1. The molecule has 1 fully saturated rings. The lowest BCUT2D eigenvalue weighted by atomic mass is 9.84. The van der Waals surface area contributed by atoms with Crippen molar-refractivity contribution in [2.24, 2.45) is 0 Å². The Hall–Kier alpha value is -2.89. The summed E-state index contributed by atoms with van der Waals surface area (Å²) in [7, 11) is 0. The fraction of sp³-hybridized carbons (Fsp3) is 0.273. The van der Waals surface area contributed by atoms with Crippen molar-refractivity contribution in [3.8, 4) is 28.4 Å². The number of aromatic nitrogens is 2. The number of rotatable bonds is 1. The fourth-order valence-corrected chi connectivity index (χ4v) is 4.32. The third-order valence-electron chi connectivity index (χ3n) is 5.52. The molecular weight excluding hydrogens is 365 g/mol. The lowest BCUT2D eigenvalue weighted by Crippen LogP contribution is -2.37. The molecule has 142 valence electrons. The summed E-state index contributed by atoms with van der Waals surface area (Å²) in [5.74, 6) is 0.666. The molecule has 0 radical (unpaired) electrons. The molecule has 1 aliphatic heterocycles. The Morgan fingerprint density at radius 3 is 2.25 bits per heavy atom. The molecule has 0 N–H and O–H groups in total. The average molecular weight is 382 g/mol. The lowest BCUT2D eigenvalue weighted by Gasteiger charge is -2.38. The minimum Gasteiger partial charge on any atom is -0.482 e. The maximum Gasteiger partial charge on any atom is 0.433 e. The Labute approximate surface area is 160 Å². The molecule has 5 rings (SSSR count). The maximum absolute atomic E-state index is 14.1. The second-order valence-corrected chi connectivity index (χ2v) is 7.28. The standard InChI is InChI=1S/C22H17F3N2O/c23-22(24,25)19-17-18(26-20(27-19)14-8-2-1-3-9-14)15-10-4-5-11-16(15)28-21(17)12-6-7-13-21/h1-5,8-11H,6-7,12-13H2. The van der Waals surface area contributed by atoms with E-state index in [1.807, 2.05) is 12.1 Å². The summed E-state index contributed by atoms with van der Waals surface area (Å²) in [5.41, 5.74) is -0.321. The highest BCUT2D eigenvalue weighted by molar-refractivity contribution is 5.76. The molecule has 0 amide bonds. The van der Waals surface area contributed by atoms with Gasteiger partial charge in [-0.15, -0.1) is 0 Å². The van der Waals surface area contributed by atoms with Gasteiger partial charge < -0.3 is 4.74 Å². The van der Waals surface area contributed by atoms with Crippen LogP contribution >= 0.6 is 0 Å². The van der Waals surface area contributed by atoms with Crippen molar-refractivity contribution < 1.29 is 17.9 Å². The van der Waals surface area contributed by atoms with Gasteiger partial charge in [0.05, 0.1) is 11.3 Å². The Morgan fingerprint density at radius 2 is 1.54 bits per heavy atom. The summed E-state index contributed by atoms with van der Waals surface area (Å²) in [4.78, 5) is 8.63. The number of hydrogen-bond donors (Lipinski definition) is 0. The summed E-state index contributed by atoms with van der Waals surface area (Å²) < 4.78 is 48.6. The zero-order chi connectivity index (χ0) is 19.4. The second kappa shape index (κ2) is 6.06.